The molecule has 4 heteroatoms. The van der Waals surface area contributed by atoms with Crippen LogP contribution in [0.5, 0.6) is 0 Å². The number of hydrogen-bond acceptors (Lipinski definition) is 1. The zero-order valence-corrected chi connectivity index (χ0v) is 27.6. The summed E-state index contributed by atoms with van der Waals surface area (Å²) in [6, 6.07) is 65.3. The summed E-state index contributed by atoms with van der Waals surface area (Å²) < 4.78 is 7.20. The van der Waals surface area contributed by atoms with Gasteiger partial charge in [0.2, 0.25) is 0 Å². The predicted molar refractivity (Wildman–Crippen MR) is 213 cm³/mol. The fourth-order valence-corrected chi connectivity index (χ4v) is 8.30. The van der Waals surface area contributed by atoms with Gasteiger partial charge in [-0.2, -0.15) is 0 Å². The average Bonchev–Trinajstić information content (AvgIpc) is 3.84. The quantitative estimate of drug-likeness (QED) is 0.186. The van der Waals surface area contributed by atoms with E-state index in [2.05, 4.69) is 196 Å². The first kappa shape index (κ1) is 28.0. The number of hydrogen-bond donors (Lipinski definition) is 0. The molecule has 0 atom stereocenters. The third-order valence-corrected chi connectivity index (χ3v) is 10.4. The molecule has 0 saturated heterocycles. The van der Waals surface area contributed by atoms with Crippen LogP contribution in [0.3, 0.4) is 0 Å². The first-order chi connectivity index (χ1) is 25.3. The highest BCUT2D eigenvalue weighted by Crippen LogP contribution is 2.43. The van der Waals surface area contributed by atoms with Gasteiger partial charge in [-0.1, -0.05) is 127 Å². The molecule has 0 aliphatic rings. The van der Waals surface area contributed by atoms with Gasteiger partial charge in [-0.15, -0.1) is 0 Å². The van der Waals surface area contributed by atoms with Crippen molar-refractivity contribution >= 4 is 65.4 Å². The molecule has 238 valence electrons. The summed E-state index contributed by atoms with van der Waals surface area (Å²) in [6.45, 7) is 0. The Kier molecular flexibility index (Phi) is 5.92. The molecule has 0 aliphatic carbocycles. The van der Waals surface area contributed by atoms with Crippen LogP contribution in [0.4, 0.5) is 0 Å². The second-order valence-corrected chi connectivity index (χ2v) is 13.2. The fourth-order valence-electron chi connectivity index (χ4n) is 8.30. The van der Waals surface area contributed by atoms with Crippen LogP contribution < -0.4 is 0 Å². The Bertz CT molecular complexity index is 3070. The van der Waals surface area contributed by atoms with Crippen LogP contribution in [0.1, 0.15) is 0 Å². The predicted octanol–water partition coefficient (Wildman–Crippen LogP) is 12.0. The first-order valence-electron chi connectivity index (χ1n) is 17.4. The molecule has 0 unspecified atom stereocenters. The van der Waals surface area contributed by atoms with Crippen molar-refractivity contribution in [2.24, 2.45) is 0 Å². The van der Waals surface area contributed by atoms with Gasteiger partial charge < -0.3 is 9.13 Å². The smallest absolute Gasteiger partial charge is 0.140 e. The topological polar surface area (TPSA) is 27.7 Å². The highest BCUT2D eigenvalue weighted by atomic mass is 15.1. The molecule has 0 radical (unpaired) electrons. The summed E-state index contributed by atoms with van der Waals surface area (Å²) in [5.74, 6) is 0.883. The van der Waals surface area contributed by atoms with Crippen molar-refractivity contribution in [1.29, 1.82) is 0 Å². The lowest BCUT2D eigenvalue weighted by molar-refractivity contribution is 1.06. The highest BCUT2D eigenvalue weighted by Gasteiger charge is 2.22. The SMILES string of the molecule is c1ccc(-c2cc(-n3c4ccccc4c4ccc5c(c6ccccc6n5-c5ccccc5)c43)cc(-n3c4ccccc4c4ccccc43)n2)cc1. The molecule has 7 aromatic carbocycles. The zero-order chi connectivity index (χ0) is 33.5. The third kappa shape index (κ3) is 4.05. The molecular formula is C47H30N4. The molecule has 0 amide bonds. The largest absolute Gasteiger partial charge is 0.309 e. The van der Waals surface area contributed by atoms with Crippen LogP contribution in [0.25, 0.3) is 93.9 Å². The van der Waals surface area contributed by atoms with Crippen molar-refractivity contribution < 1.29 is 0 Å². The van der Waals surface area contributed by atoms with E-state index in [0.29, 0.717) is 0 Å². The average molecular weight is 651 g/mol. The van der Waals surface area contributed by atoms with Gasteiger partial charge in [0, 0.05) is 49.6 Å². The Morgan fingerprint density at radius 1 is 0.333 bits per heavy atom. The monoisotopic (exact) mass is 650 g/mol. The van der Waals surface area contributed by atoms with Crippen molar-refractivity contribution in [2.75, 3.05) is 0 Å². The van der Waals surface area contributed by atoms with Gasteiger partial charge in [-0.05, 0) is 48.5 Å². The summed E-state index contributed by atoms with van der Waals surface area (Å²) in [5, 5.41) is 7.35. The van der Waals surface area contributed by atoms with E-state index >= 15 is 0 Å². The lowest BCUT2D eigenvalue weighted by Gasteiger charge is -2.15. The molecule has 4 aromatic heterocycles. The van der Waals surface area contributed by atoms with Gasteiger partial charge in [0.25, 0.3) is 0 Å². The number of fused-ring (bicyclic) bond motifs is 10. The first-order valence-corrected chi connectivity index (χ1v) is 17.4. The van der Waals surface area contributed by atoms with Crippen molar-refractivity contribution in [2.45, 2.75) is 0 Å². The molecule has 11 aromatic rings. The van der Waals surface area contributed by atoms with Crippen molar-refractivity contribution in [3.63, 3.8) is 0 Å². The molecule has 0 bridgehead atoms. The Hall–Kier alpha value is -6.91. The molecule has 0 spiro atoms. The van der Waals surface area contributed by atoms with Crippen LogP contribution in [-0.2, 0) is 0 Å². The Balaban J connectivity index is 1.31. The molecule has 4 heterocycles. The van der Waals surface area contributed by atoms with E-state index in [9.17, 15) is 0 Å². The van der Waals surface area contributed by atoms with E-state index in [1.54, 1.807) is 0 Å². The minimum absolute atomic E-state index is 0.883. The molecule has 0 saturated carbocycles. The van der Waals surface area contributed by atoms with Crippen molar-refractivity contribution in [1.82, 2.24) is 18.7 Å². The maximum atomic E-state index is 5.42. The van der Waals surface area contributed by atoms with Gasteiger partial charge in [-0.25, -0.2) is 4.98 Å². The van der Waals surface area contributed by atoms with Gasteiger partial charge in [-0.3, -0.25) is 4.57 Å². The van der Waals surface area contributed by atoms with E-state index in [-0.39, 0.29) is 0 Å². The number of aromatic nitrogens is 4. The zero-order valence-electron chi connectivity index (χ0n) is 27.6. The van der Waals surface area contributed by atoms with Crippen LogP contribution in [0.15, 0.2) is 182 Å². The van der Waals surface area contributed by atoms with E-state index in [1.807, 2.05) is 0 Å². The summed E-state index contributed by atoms with van der Waals surface area (Å²) in [4.78, 5) is 5.42. The van der Waals surface area contributed by atoms with E-state index in [1.165, 1.54) is 48.9 Å². The van der Waals surface area contributed by atoms with Crippen LogP contribution in [0, 0.1) is 0 Å². The fraction of sp³-hybridized carbons (Fsp3) is 0. The number of para-hydroxylation sites is 5. The minimum Gasteiger partial charge on any atom is -0.309 e. The molecule has 0 fully saturated rings. The summed E-state index contributed by atoms with van der Waals surface area (Å²) in [6.07, 6.45) is 0. The molecule has 51 heavy (non-hydrogen) atoms. The highest BCUT2D eigenvalue weighted by molar-refractivity contribution is 6.26. The van der Waals surface area contributed by atoms with Gasteiger partial charge in [0.15, 0.2) is 0 Å². The number of nitrogens with zero attached hydrogens (tertiary/aromatic N) is 4. The van der Waals surface area contributed by atoms with Crippen molar-refractivity contribution in [3.05, 3.63) is 182 Å². The van der Waals surface area contributed by atoms with E-state index < -0.39 is 0 Å². The summed E-state index contributed by atoms with van der Waals surface area (Å²) in [7, 11) is 0. The number of rotatable bonds is 4. The minimum atomic E-state index is 0.883. The maximum Gasteiger partial charge on any atom is 0.140 e. The van der Waals surface area contributed by atoms with Crippen molar-refractivity contribution in [3.8, 4) is 28.5 Å². The Morgan fingerprint density at radius 2 is 0.843 bits per heavy atom. The Morgan fingerprint density at radius 3 is 1.49 bits per heavy atom. The molecule has 0 aliphatic heterocycles. The second kappa shape index (κ2) is 10.8. The van der Waals surface area contributed by atoms with Crippen LogP contribution in [-0.4, -0.2) is 18.7 Å². The number of pyridine rings is 1. The standard InChI is InChI=1S/C47H30N4/c1-3-15-31(16-4-1)39-29-33(30-45(48-39)51-41-24-12-7-19-34(41)35-20-8-13-25-42(35)51)50-40-23-11-9-21-36(40)37-27-28-44-46(47(37)50)38-22-10-14-26-43(38)49(44)32-17-5-2-6-18-32/h1-30H. The maximum absolute atomic E-state index is 5.42. The lowest BCUT2D eigenvalue weighted by atomic mass is 10.1. The molecule has 0 N–H and O–H groups in total. The van der Waals surface area contributed by atoms with Crippen LogP contribution in [0.2, 0.25) is 0 Å². The summed E-state index contributed by atoms with van der Waals surface area (Å²) >= 11 is 0. The lowest BCUT2D eigenvalue weighted by Crippen LogP contribution is -2.03. The van der Waals surface area contributed by atoms with Gasteiger partial charge in [0.05, 0.1) is 44.5 Å². The van der Waals surface area contributed by atoms with Gasteiger partial charge in [0.1, 0.15) is 5.82 Å². The van der Waals surface area contributed by atoms with Crippen LogP contribution >= 0.6 is 0 Å². The van der Waals surface area contributed by atoms with E-state index in [4.69, 9.17) is 4.98 Å². The number of benzene rings is 7. The Labute approximate surface area is 293 Å². The second-order valence-electron chi connectivity index (χ2n) is 13.2. The molecule has 11 rings (SSSR count). The normalized spacial score (nSPS) is 11.9. The third-order valence-electron chi connectivity index (χ3n) is 10.4. The molecular weight excluding hydrogens is 621 g/mol. The van der Waals surface area contributed by atoms with Gasteiger partial charge >= 0.3 is 0 Å². The molecule has 4 nitrogen and oxygen atoms in total. The summed E-state index contributed by atoms with van der Waals surface area (Å²) in [5.41, 5.74) is 11.2. The van der Waals surface area contributed by atoms with E-state index in [0.717, 1.165) is 45.0 Å².